The van der Waals surface area contributed by atoms with Crippen LogP contribution in [0.3, 0.4) is 0 Å². The van der Waals surface area contributed by atoms with E-state index in [0.29, 0.717) is 0 Å². The first kappa shape index (κ1) is 25.0. The zero-order chi connectivity index (χ0) is 22.4. The van der Waals surface area contributed by atoms with E-state index in [1.807, 2.05) is 36.4 Å². The van der Waals surface area contributed by atoms with Crippen molar-refractivity contribution in [3.8, 4) is 0 Å². The summed E-state index contributed by atoms with van der Waals surface area (Å²) in [5.41, 5.74) is 0. The van der Waals surface area contributed by atoms with Gasteiger partial charge in [-0.1, -0.05) is 104 Å². The minimum absolute atomic E-state index is 0.179. The van der Waals surface area contributed by atoms with Crippen LogP contribution in [-0.4, -0.2) is 54.3 Å². The van der Waals surface area contributed by atoms with Crippen LogP contribution in [0.2, 0.25) is 5.04 Å². The summed E-state index contributed by atoms with van der Waals surface area (Å²) < 4.78 is 11.0. The maximum atomic E-state index is 11.4. The third kappa shape index (κ3) is 5.70. The van der Waals surface area contributed by atoms with Crippen molar-refractivity contribution >= 4 is 47.3 Å². The zero-order valence-electron chi connectivity index (χ0n) is 17.9. The molecule has 0 aliphatic rings. The van der Waals surface area contributed by atoms with Crippen LogP contribution < -0.4 is 10.4 Å². The Morgan fingerprint density at radius 3 is 1.87 bits per heavy atom. The highest BCUT2D eigenvalue weighted by atomic mass is 127. The molecule has 2 rings (SSSR count). The SMILES string of the molecule is COC(=O)C[C@H](O)[C@H](O)[C@@H](I)CO[Si](c1ccccc1)(c1ccccc1)C(C)(C)C. The summed E-state index contributed by atoms with van der Waals surface area (Å²) in [6.45, 7) is 6.80. The third-order valence-corrected chi connectivity index (χ3v) is 11.3. The van der Waals surface area contributed by atoms with Gasteiger partial charge in [0.2, 0.25) is 0 Å². The summed E-state index contributed by atoms with van der Waals surface area (Å²) in [5, 5.41) is 22.9. The summed E-state index contributed by atoms with van der Waals surface area (Å²) in [5.74, 6) is -0.557. The smallest absolute Gasteiger partial charge is 0.308 e. The Kier molecular flexibility index (Phi) is 9.05. The molecule has 0 aliphatic carbocycles. The second-order valence-corrected chi connectivity index (χ2v) is 14.2. The highest BCUT2D eigenvalue weighted by Crippen LogP contribution is 2.37. The van der Waals surface area contributed by atoms with Crippen molar-refractivity contribution in [2.24, 2.45) is 0 Å². The molecule has 0 unspecified atom stereocenters. The molecule has 0 spiro atoms. The van der Waals surface area contributed by atoms with Crippen LogP contribution in [0.4, 0.5) is 0 Å². The number of alkyl halides is 1. The summed E-state index contributed by atoms with van der Waals surface area (Å²) in [4.78, 5) is 11.4. The number of carbonyl (C=O) groups is 1. The van der Waals surface area contributed by atoms with Crippen molar-refractivity contribution in [3.05, 3.63) is 60.7 Å². The van der Waals surface area contributed by atoms with E-state index in [1.165, 1.54) is 7.11 Å². The Morgan fingerprint density at radius 1 is 1.00 bits per heavy atom. The molecule has 7 heteroatoms. The molecule has 0 aliphatic heterocycles. The molecule has 3 atom stereocenters. The molecule has 164 valence electrons. The van der Waals surface area contributed by atoms with Crippen LogP contribution >= 0.6 is 22.6 Å². The molecular weight excluding hydrogens is 511 g/mol. The number of ether oxygens (including phenoxy) is 1. The normalized spacial score (nSPS) is 15.3. The van der Waals surface area contributed by atoms with E-state index in [0.717, 1.165) is 10.4 Å². The first-order valence-corrected chi connectivity index (χ1v) is 13.1. The van der Waals surface area contributed by atoms with Gasteiger partial charge in [-0.3, -0.25) is 4.79 Å². The number of rotatable bonds is 9. The molecule has 0 aromatic heterocycles. The molecule has 30 heavy (non-hydrogen) atoms. The Labute approximate surface area is 193 Å². The van der Waals surface area contributed by atoms with Crippen LogP contribution in [0, 0.1) is 0 Å². The summed E-state index contributed by atoms with van der Waals surface area (Å²) in [6.07, 6.45) is -2.57. The first-order chi connectivity index (χ1) is 14.1. The number of hydrogen-bond acceptors (Lipinski definition) is 5. The lowest BCUT2D eigenvalue weighted by Crippen LogP contribution is -2.67. The molecule has 5 nitrogen and oxygen atoms in total. The van der Waals surface area contributed by atoms with Crippen molar-refractivity contribution in [3.63, 3.8) is 0 Å². The standard InChI is InChI=1S/C23H31IO5Si/c1-23(2,3)30(17-11-7-5-8-12-17,18-13-9-6-10-14-18)29-16-19(24)22(27)20(25)15-21(26)28-4/h5-14,19-20,22,25,27H,15-16H2,1-4H3/t19-,20-,22+/m0/s1. The molecule has 0 heterocycles. The lowest BCUT2D eigenvalue weighted by molar-refractivity contribution is -0.144. The molecular formula is C23H31IO5Si. The van der Waals surface area contributed by atoms with E-state index in [1.54, 1.807) is 0 Å². The van der Waals surface area contributed by atoms with Gasteiger partial charge in [-0.2, -0.15) is 0 Å². The van der Waals surface area contributed by atoms with Crippen molar-refractivity contribution < 1.29 is 24.2 Å². The average molecular weight is 542 g/mol. The van der Waals surface area contributed by atoms with Crippen LogP contribution in [0.25, 0.3) is 0 Å². The molecule has 2 aromatic rings. The number of aliphatic hydroxyl groups is 2. The first-order valence-electron chi connectivity index (χ1n) is 9.95. The zero-order valence-corrected chi connectivity index (χ0v) is 21.1. The van der Waals surface area contributed by atoms with Gasteiger partial charge >= 0.3 is 5.97 Å². The molecule has 0 saturated heterocycles. The minimum atomic E-state index is -2.72. The lowest BCUT2D eigenvalue weighted by atomic mass is 10.1. The van der Waals surface area contributed by atoms with Gasteiger partial charge in [0.05, 0.1) is 29.7 Å². The fourth-order valence-corrected chi connectivity index (χ4v) is 9.26. The Morgan fingerprint density at radius 2 is 1.47 bits per heavy atom. The fraction of sp³-hybridized carbons (Fsp3) is 0.435. The number of esters is 1. The molecule has 0 fully saturated rings. The number of halogens is 1. The highest BCUT2D eigenvalue weighted by Gasteiger charge is 2.50. The number of carbonyl (C=O) groups excluding carboxylic acids is 1. The highest BCUT2D eigenvalue weighted by molar-refractivity contribution is 14.1. The van der Waals surface area contributed by atoms with E-state index < -0.39 is 30.4 Å². The van der Waals surface area contributed by atoms with E-state index >= 15 is 0 Å². The van der Waals surface area contributed by atoms with Gasteiger partial charge in [0.1, 0.15) is 0 Å². The minimum Gasteiger partial charge on any atom is -0.469 e. The summed E-state index contributed by atoms with van der Waals surface area (Å²) in [6, 6.07) is 20.5. The van der Waals surface area contributed by atoms with Crippen molar-refractivity contribution in [2.45, 2.75) is 48.4 Å². The van der Waals surface area contributed by atoms with Gasteiger partial charge < -0.3 is 19.4 Å². The van der Waals surface area contributed by atoms with E-state index in [-0.39, 0.29) is 18.1 Å². The number of benzene rings is 2. The van der Waals surface area contributed by atoms with Gasteiger partial charge in [0.15, 0.2) is 0 Å². The predicted molar refractivity (Wildman–Crippen MR) is 130 cm³/mol. The van der Waals surface area contributed by atoms with E-state index in [2.05, 4.69) is 72.4 Å². The van der Waals surface area contributed by atoms with Gasteiger partial charge in [-0.05, 0) is 15.4 Å². The van der Waals surface area contributed by atoms with Crippen LogP contribution in [0.1, 0.15) is 27.2 Å². The fourth-order valence-electron chi connectivity index (χ4n) is 3.68. The maximum absolute atomic E-state index is 11.4. The van der Waals surface area contributed by atoms with Crippen molar-refractivity contribution in [1.29, 1.82) is 0 Å². The summed E-state index contributed by atoms with van der Waals surface area (Å²) in [7, 11) is -1.46. The molecule has 2 aromatic carbocycles. The average Bonchev–Trinajstić information content (AvgIpc) is 2.73. The topological polar surface area (TPSA) is 76.0 Å². The number of aliphatic hydroxyl groups excluding tert-OH is 2. The lowest BCUT2D eigenvalue weighted by Gasteiger charge is -2.43. The Bertz CT molecular complexity index is 755. The van der Waals surface area contributed by atoms with Crippen LogP contribution in [-0.2, 0) is 14.0 Å². The number of methoxy groups -OCH3 is 1. The summed E-state index contributed by atoms with van der Waals surface area (Å²) >= 11 is 2.08. The van der Waals surface area contributed by atoms with E-state index in [9.17, 15) is 15.0 Å². The second kappa shape index (κ2) is 10.9. The largest absolute Gasteiger partial charge is 0.469 e. The van der Waals surface area contributed by atoms with Crippen LogP contribution in [0.5, 0.6) is 0 Å². The van der Waals surface area contributed by atoms with Crippen molar-refractivity contribution in [1.82, 2.24) is 0 Å². The third-order valence-electron chi connectivity index (χ3n) is 5.24. The van der Waals surface area contributed by atoms with Crippen LogP contribution in [0.15, 0.2) is 60.7 Å². The van der Waals surface area contributed by atoms with Gasteiger partial charge in [0, 0.05) is 6.61 Å². The molecule has 0 radical (unpaired) electrons. The van der Waals surface area contributed by atoms with Gasteiger partial charge in [-0.25, -0.2) is 0 Å². The van der Waals surface area contributed by atoms with Gasteiger partial charge in [0.25, 0.3) is 8.32 Å². The maximum Gasteiger partial charge on any atom is 0.308 e. The number of hydrogen-bond donors (Lipinski definition) is 2. The molecule has 0 saturated carbocycles. The second-order valence-electron chi connectivity index (χ2n) is 8.33. The monoisotopic (exact) mass is 542 g/mol. The quantitative estimate of drug-likeness (QED) is 0.221. The molecule has 2 N–H and O–H groups in total. The molecule has 0 bridgehead atoms. The van der Waals surface area contributed by atoms with Crippen molar-refractivity contribution in [2.75, 3.05) is 13.7 Å². The van der Waals surface area contributed by atoms with Gasteiger partial charge in [-0.15, -0.1) is 0 Å². The predicted octanol–water partition coefficient (Wildman–Crippen LogP) is 2.65. The Balaban J connectivity index is 2.36. The Hall–Kier alpha value is -1.26. The van der Waals surface area contributed by atoms with E-state index in [4.69, 9.17) is 4.43 Å². The molecule has 0 amide bonds.